The lowest BCUT2D eigenvalue weighted by atomic mass is 9.82. The van der Waals surface area contributed by atoms with E-state index in [9.17, 15) is 0 Å². The first kappa shape index (κ1) is 12.9. The lowest BCUT2D eigenvalue weighted by Crippen LogP contribution is -2.60. The normalized spacial score (nSPS) is 33.6. The van der Waals surface area contributed by atoms with Gasteiger partial charge in [0.15, 0.2) is 0 Å². The molecule has 0 amide bonds. The Bertz CT molecular complexity index is 191. The monoisotopic (exact) mass is 213 g/mol. The molecule has 0 aromatic heterocycles. The van der Waals surface area contributed by atoms with E-state index in [0.29, 0.717) is 6.04 Å². The Kier molecular flexibility index (Phi) is 4.56. The van der Waals surface area contributed by atoms with Crippen LogP contribution in [0.2, 0.25) is 0 Å². The molecule has 0 aliphatic carbocycles. The van der Waals surface area contributed by atoms with Crippen LogP contribution in [0.25, 0.3) is 0 Å². The summed E-state index contributed by atoms with van der Waals surface area (Å²) in [5.74, 6) is 0. The number of likely N-dealkylation sites (N-methyl/N-ethyl adjacent to an activating group) is 1. The van der Waals surface area contributed by atoms with Gasteiger partial charge in [-0.25, -0.2) is 0 Å². The highest BCUT2D eigenvalue weighted by atomic mass is 15.2. The second-order valence-electron chi connectivity index (χ2n) is 4.88. The summed E-state index contributed by atoms with van der Waals surface area (Å²) in [7, 11) is 2.22. The van der Waals surface area contributed by atoms with E-state index < -0.39 is 0 Å². The van der Waals surface area contributed by atoms with Crippen LogP contribution < -0.4 is 5.73 Å². The first-order valence-corrected chi connectivity index (χ1v) is 6.25. The minimum Gasteiger partial charge on any atom is -0.329 e. The van der Waals surface area contributed by atoms with Crippen molar-refractivity contribution >= 4 is 0 Å². The minimum absolute atomic E-state index is 0.259. The van der Waals surface area contributed by atoms with E-state index in [1.807, 2.05) is 0 Å². The molecule has 2 atom stereocenters. The maximum absolute atomic E-state index is 6.04. The molecule has 3 heteroatoms. The highest BCUT2D eigenvalue weighted by Gasteiger charge is 2.39. The standard InChI is InChI=1S/C12H27N3/c1-5-15(6-2)12(10-13)7-8-14(4)11(3)9-12/h11H,5-10,13H2,1-4H3. The van der Waals surface area contributed by atoms with Crippen molar-refractivity contribution in [2.75, 3.05) is 33.2 Å². The first-order chi connectivity index (χ1) is 7.09. The average Bonchev–Trinajstić information content (AvgIpc) is 2.25. The van der Waals surface area contributed by atoms with Crippen molar-refractivity contribution in [1.82, 2.24) is 9.80 Å². The summed E-state index contributed by atoms with van der Waals surface area (Å²) < 4.78 is 0. The molecular formula is C12H27N3. The van der Waals surface area contributed by atoms with E-state index in [1.165, 1.54) is 19.4 Å². The molecule has 0 radical (unpaired) electrons. The lowest BCUT2D eigenvalue weighted by molar-refractivity contribution is 0.0167. The van der Waals surface area contributed by atoms with E-state index in [1.54, 1.807) is 0 Å². The Labute approximate surface area is 94.6 Å². The number of nitrogens with zero attached hydrogens (tertiary/aromatic N) is 2. The molecule has 1 aliphatic rings. The second-order valence-corrected chi connectivity index (χ2v) is 4.88. The summed E-state index contributed by atoms with van der Waals surface area (Å²) in [6.45, 7) is 11.0. The Balaban J connectivity index is 2.76. The van der Waals surface area contributed by atoms with Crippen molar-refractivity contribution in [2.24, 2.45) is 5.73 Å². The van der Waals surface area contributed by atoms with E-state index in [-0.39, 0.29) is 5.54 Å². The van der Waals surface area contributed by atoms with E-state index >= 15 is 0 Å². The zero-order valence-electron chi connectivity index (χ0n) is 10.8. The van der Waals surface area contributed by atoms with E-state index in [0.717, 1.165) is 19.6 Å². The fraction of sp³-hybridized carbons (Fsp3) is 1.00. The zero-order chi connectivity index (χ0) is 11.5. The lowest BCUT2D eigenvalue weighted by Gasteiger charge is -2.50. The molecule has 1 saturated heterocycles. The predicted octanol–water partition coefficient (Wildman–Crippen LogP) is 1.14. The number of piperidine rings is 1. The van der Waals surface area contributed by atoms with Gasteiger partial charge in [0, 0.05) is 18.1 Å². The van der Waals surface area contributed by atoms with Crippen LogP contribution >= 0.6 is 0 Å². The molecule has 0 spiro atoms. The zero-order valence-corrected chi connectivity index (χ0v) is 10.8. The Morgan fingerprint density at radius 1 is 1.40 bits per heavy atom. The molecule has 3 nitrogen and oxygen atoms in total. The van der Waals surface area contributed by atoms with Gasteiger partial charge in [0.2, 0.25) is 0 Å². The number of hydrogen-bond donors (Lipinski definition) is 1. The third kappa shape index (κ3) is 2.52. The van der Waals surface area contributed by atoms with Crippen LogP contribution in [-0.4, -0.2) is 54.6 Å². The van der Waals surface area contributed by atoms with Gasteiger partial charge in [-0.3, -0.25) is 4.90 Å². The summed E-state index contributed by atoms with van der Waals surface area (Å²) in [6.07, 6.45) is 2.42. The Morgan fingerprint density at radius 2 is 2.00 bits per heavy atom. The third-order valence-electron chi connectivity index (χ3n) is 4.17. The number of nitrogens with two attached hydrogens (primary N) is 1. The highest BCUT2D eigenvalue weighted by Crippen LogP contribution is 2.30. The van der Waals surface area contributed by atoms with Gasteiger partial charge in [0.05, 0.1) is 0 Å². The summed E-state index contributed by atoms with van der Waals surface area (Å²) in [5.41, 5.74) is 6.30. The van der Waals surface area contributed by atoms with Gasteiger partial charge < -0.3 is 10.6 Å². The molecule has 0 aromatic rings. The van der Waals surface area contributed by atoms with Gasteiger partial charge in [-0.2, -0.15) is 0 Å². The minimum atomic E-state index is 0.259. The summed E-state index contributed by atoms with van der Waals surface area (Å²) in [5, 5.41) is 0. The molecular weight excluding hydrogens is 186 g/mol. The Morgan fingerprint density at radius 3 is 2.40 bits per heavy atom. The van der Waals surface area contributed by atoms with Crippen LogP contribution in [0.5, 0.6) is 0 Å². The molecule has 0 bridgehead atoms. The van der Waals surface area contributed by atoms with Crippen molar-refractivity contribution in [3.8, 4) is 0 Å². The topological polar surface area (TPSA) is 32.5 Å². The van der Waals surface area contributed by atoms with Crippen LogP contribution in [0.3, 0.4) is 0 Å². The highest BCUT2D eigenvalue weighted by molar-refractivity contribution is 4.98. The van der Waals surface area contributed by atoms with Crippen molar-refractivity contribution in [1.29, 1.82) is 0 Å². The summed E-state index contributed by atoms with van der Waals surface area (Å²) in [4.78, 5) is 4.99. The maximum Gasteiger partial charge on any atom is 0.0358 e. The van der Waals surface area contributed by atoms with Crippen LogP contribution in [0.4, 0.5) is 0 Å². The van der Waals surface area contributed by atoms with E-state index in [2.05, 4.69) is 37.6 Å². The van der Waals surface area contributed by atoms with Gasteiger partial charge in [-0.15, -0.1) is 0 Å². The van der Waals surface area contributed by atoms with Crippen molar-refractivity contribution in [2.45, 2.75) is 45.2 Å². The molecule has 1 heterocycles. The molecule has 15 heavy (non-hydrogen) atoms. The molecule has 2 N–H and O–H groups in total. The van der Waals surface area contributed by atoms with Gasteiger partial charge in [-0.05, 0) is 46.4 Å². The molecule has 1 fully saturated rings. The van der Waals surface area contributed by atoms with Crippen LogP contribution in [0, 0.1) is 0 Å². The molecule has 90 valence electrons. The fourth-order valence-corrected chi connectivity index (χ4v) is 2.91. The van der Waals surface area contributed by atoms with E-state index in [4.69, 9.17) is 5.73 Å². The summed E-state index contributed by atoms with van der Waals surface area (Å²) >= 11 is 0. The molecule has 1 aliphatic heterocycles. The third-order valence-corrected chi connectivity index (χ3v) is 4.17. The van der Waals surface area contributed by atoms with Gasteiger partial charge in [0.1, 0.15) is 0 Å². The molecule has 0 saturated carbocycles. The van der Waals surface area contributed by atoms with Gasteiger partial charge >= 0.3 is 0 Å². The SMILES string of the molecule is CCN(CC)C1(CN)CCN(C)C(C)C1. The first-order valence-electron chi connectivity index (χ1n) is 6.25. The molecule has 0 aromatic carbocycles. The molecule has 2 unspecified atom stereocenters. The van der Waals surface area contributed by atoms with Crippen LogP contribution in [0.1, 0.15) is 33.6 Å². The van der Waals surface area contributed by atoms with Crippen molar-refractivity contribution in [3.63, 3.8) is 0 Å². The fourth-order valence-electron chi connectivity index (χ4n) is 2.91. The summed E-state index contributed by atoms with van der Waals surface area (Å²) in [6, 6.07) is 0.655. The predicted molar refractivity (Wildman–Crippen MR) is 66.0 cm³/mol. The smallest absolute Gasteiger partial charge is 0.0358 e. The largest absolute Gasteiger partial charge is 0.329 e. The Hall–Kier alpha value is -0.120. The van der Waals surface area contributed by atoms with Crippen LogP contribution in [0.15, 0.2) is 0 Å². The van der Waals surface area contributed by atoms with Crippen LogP contribution in [-0.2, 0) is 0 Å². The molecule has 1 rings (SSSR count). The number of rotatable bonds is 4. The van der Waals surface area contributed by atoms with Gasteiger partial charge in [-0.1, -0.05) is 13.8 Å². The van der Waals surface area contributed by atoms with Crippen molar-refractivity contribution < 1.29 is 0 Å². The quantitative estimate of drug-likeness (QED) is 0.760. The number of hydrogen-bond acceptors (Lipinski definition) is 3. The second kappa shape index (κ2) is 5.28. The average molecular weight is 213 g/mol. The maximum atomic E-state index is 6.04. The van der Waals surface area contributed by atoms with Gasteiger partial charge in [0.25, 0.3) is 0 Å². The van der Waals surface area contributed by atoms with Crippen molar-refractivity contribution in [3.05, 3.63) is 0 Å². The number of likely N-dealkylation sites (tertiary alicyclic amines) is 1.